The quantitative estimate of drug-likeness (QED) is 0.760. The number of anilines is 1. The Balaban J connectivity index is 2.11. The summed E-state index contributed by atoms with van der Waals surface area (Å²) in [6, 6.07) is 7.66. The van der Waals surface area contributed by atoms with E-state index < -0.39 is 0 Å². The van der Waals surface area contributed by atoms with Gasteiger partial charge in [0.15, 0.2) is 0 Å². The highest BCUT2D eigenvalue weighted by Gasteiger charge is 2.11. The second kappa shape index (κ2) is 4.57. The minimum Gasteiger partial charge on any atom is -0.369 e. The summed E-state index contributed by atoms with van der Waals surface area (Å²) in [5.41, 5.74) is 7.79. The molecule has 18 heavy (non-hydrogen) atoms. The molecule has 0 saturated carbocycles. The summed E-state index contributed by atoms with van der Waals surface area (Å²) < 4.78 is 3.09. The smallest absolute Gasteiger partial charge is 0.201 e. The van der Waals surface area contributed by atoms with Gasteiger partial charge in [0, 0.05) is 14.4 Å². The van der Waals surface area contributed by atoms with Crippen LogP contribution in [0.1, 0.15) is 4.88 Å². The SMILES string of the molecule is Nc1nc2cc(Cl)ccc2n1Cc1sccc1Br. The van der Waals surface area contributed by atoms with Crippen molar-refractivity contribution in [2.24, 2.45) is 0 Å². The number of nitrogens with two attached hydrogens (primary N) is 1. The molecule has 0 amide bonds. The van der Waals surface area contributed by atoms with Gasteiger partial charge in [-0.05, 0) is 45.6 Å². The third-order valence-corrected chi connectivity index (χ3v) is 4.88. The fraction of sp³-hybridized carbons (Fsp3) is 0.0833. The zero-order valence-corrected chi connectivity index (χ0v) is 12.4. The van der Waals surface area contributed by atoms with Crippen LogP contribution in [0.3, 0.4) is 0 Å². The molecule has 2 aromatic heterocycles. The van der Waals surface area contributed by atoms with Crippen LogP contribution in [0.5, 0.6) is 0 Å². The fourth-order valence-electron chi connectivity index (χ4n) is 1.87. The lowest BCUT2D eigenvalue weighted by Crippen LogP contribution is -2.03. The maximum atomic E-state index is 5.97. The average molecular weight is 343 g/mol. The summed E-state index contributed by atoms with van der Waals surface area (Å²) in [5.74, 6) is 0.507. The molecule has 0 fully saturated rings. The summed E-state index contributed by atoms with van der Waals surface area (Å²) in [4.78, 5) is 5.55. The van der Waals surface area contributed by atoms with Crippen molar-refractivity contribution < 1.29 is 0 Å². The van der Waals surface area contributed by atoms with E-state index in [0.717, 1.165) is 15.5 Å². The van der Waals surface area contributed by atoms with Gasteiger partial charge in [-0.25, -0.2) is 4.98 Å². The first-order valence-electron chi connectivity index (χ1n) is 5.28. The summed E-state index contributed by atoms with van der Waals surface area (Å²) >= 11 is 11.2. The Bertz CT molecular complexity index is 719. The molecule has 3 aromatic rings. The average Bonchev–Trinajstić information content (AvgIpc) is 2.85. The van der Waals surface area contributed by atoms with E-state index in [1.165, 1.54) is 4.88 Å². The van der Waals surface area contributed by atoms with Crippen LogP contribution in [0, 0.1) is 0 Å². The van der Waals surface area contributed by atoms with Crippen molar-refractivity contribution >= 4 is 55.8 Å². The molecule has 1 aromatic carbocycles. The number of aromatic nitrogens is 2. The van der Waals surface area contributed by atoms with Gasteiger partial charge in [-0.3, -0.25) is 0 Å². The Hall–Kier alpha value is -1.04. The second-order valence-electron chi connectivity index (χ2n) is 3.88. The first-order valence-corrected chi connectivity index (χ1v) is 7.33. The third-order valence-electron chi connectivity index (χ3n) is 2.73. The van der Waals surface area contributed by atoms with Crippen LogP contribution in [0.4, 0.5) is 5.95 Å². The van der Waals surface area contributed by atoms with E-state index in [1.54, 1.807) is 11.3 Å². The van der Waals surface area contributed by atoms with Gasteiger partial charge in [0.05, 0.1) is 17.6 Å². The van der Waals surface area contributed by atoms with Crippen molar-refractivity contribution in [3.05, 3.63) is 44.0 Å². The molecule has 0 aliphatic rings. The van der Waals surface area contributed by atoms with Gasteiger partial charge in [0.1, 0.15) is 0 Å². The highest BCUT2D eigenvalue weighted by atomic mass is 79.9. The summed E-state index contributed by atoms with van der Waals surface area (Å²) in [5, 5.41) is 2.72. The minimum absolute atomic E-state index is 0.507. The molecule has 92 valence electrons. The maximum Gasteiger partial charge on any atom is 0.201 e. The lowest BCUT2D eigenvalue weighted by molar-refractivity contribution is 0.850. The molecule has 0 atom stereocenters. The van der Waals surface area contributed by atoms with Crippen molar-refractivity contribution in [1.82, 2.24) is 9.55 Å². The van der Waals surface area contributed by atoms with Crippen molar-refractivity contribution in [3.63, 3.8) is 0 Å². The molecule has 0 spiro atoms. The maximum absolute atomic E-state index is 5.97. The van der Waals surface area contributed by atoms with Crippen LogP contribution in [0.2, 0.25) is 5.02 Å². The second-order valence-corrected chi connectivity index (χ2v) is 6.17. The van der Waals surface area contributed by atoms with E-state index in [9.17, 15) is 0 Å². The number of nitrogens with zero attached hydrogens (tertiary/aromatic N) is 2. The molecule has 3 rings (SSSR count). The highest BCUT2D eigenvalue weighted by Crippen LogP contribution is 2.27. The third kappa shape index (κ3) is 2.02. The molecule has 0 aliphatic heterocycles. The molecule has 0 aliphatic carbocycles. The first kappa shape index (κ1) is 12.0. The number of rotatable bonds is 2. The predicted molar refractivity (Wildman–Crippen MR) is 80.3 cm³/mol. The Morgan fingerprint density at radius 3 is 2.94 bits per heavy atom. The Kier molecular flexibility index (Phi) is 3.05. The van der Waals surface area contributed by atoms with Gasteiger partial charge >= 0.3 is 0 Å². The molecule has 0 unspecified atom stereocenters. The minimum atomic E-state index is 0.507. The molecular weight excluding hydrogens is 334 g/mol. The number of fused-ring (bicyclic) bond motifs is 1. The number of imidazole rings is 1. The summed E-state index contributed by atoms with van der Waals surface area (Å²) in [6.45, 7) is 0.711. The van der Waals surface area contributed by atoms with Crippen LogP contribution >= 0.6 is 38.9 Å². The predicted octanol–water partition coefficient (Wildman–Crippen LogP) is 4.14. The van der Waals surface area contributed by atoms with E-state index in [-0.39, 0.29) is 0 Å². The number of hydrogen-bond acceptors (Lipinski definition) is 3. The monoisotopic (exact) mass is 341 g/mol. The van der Waals surface area contributed by atoms with Crippen molar-refractivity contribution in [2.75, 3.05) is 5.73 Å². The Morgan fingerprint density at radius 2 is 2.22 bits per heavy atom. The van der Waals surface area contributed by atoms with Crippen LogP contribution in [0.15, 0.2) is 34.1 Å². The molecule has 0 saturated heterocycles. The molecule has 2 heterocycles. The van der Waals surface area contributed by atoms with E-state index in [0.29, 0.717) is 17.5 Å². The van der Waals surface area contributed by atoms with E-state index in [4.69, 9.17) is 17.3 Å². The topological polar surface area (TPSA) is 43.8 Å². The number of benzene rings is 1. The van der Waals surface area contributed by atoms with Crippen molar-refractivity contribution in [2.45, 2.75) is 6.54 Å². The molecule has 2 N–H and O–H groups in total. The standard InChI is InChI=1S/C12H9BrClN3S/c13-8-3-4-18-11(8)6-17-10-2-1-7(14)5-9(10)16-12(17)15/h1-5H,6H2,(H2,15,16). The van der Waals surface area contributed by atoms with Gasteiger partial charge in [-0.2, -0.15) is 0 Å². The van der Waals surface area contributed by atoms with Gasteiger partial charge in [-0.15, -0.1) is 11.3 Å². The van der Waals surface area contributed by atoms with Crippen molar-refractivity contribution in [1.29, 1.82) is 0 Å². The molecule has 0 radical (unpaired) electrons. The highest BCUT2D eigenvalue weighted by molar-refractivity contribution is 9.10. The van der Waals surface area contributed by atoms with E-state index in [1.807, 2.05) is 34.2 Å². The van der Waals surface area contributed by atoms with Crippen LogP contribution in [0.25, 0.3) is 11.0 Å². The number of hydrogen-bond donors (Lipinski definition) is 1. The zero-order valence-electron chi connectivity index (χ0n) is 9.23. The number of halogens is 2. The summed E-state index contributed by atoms with van der Waals surface area (Å²) in [7, 11) is 0. The molecule has 0 bridgehead atoms. The van der Waals surface area contributed by atoms with Crippen LogP contribution < -0.4 is 5.73 Å². The zero-order chi connectivity index (χ0) is 12.7. The largest absolute Gasteiger partial charge is 0.369 e. The molecular formula is C12H9BrClN3S. The Morgan fingerprint density at radius 1 is 1.39 bits per heavy atom. The summed E-state index contributed by atoms with van der Waals surface area (Å²) in [6.07, 6.45) is 0. The molecule has 6 heteroatoms. The fourth-order valence-corrected chi connectivity index (χ4v) is 3.50. The van der Waals surface area contributed by atoms with Crippen LogP contribution in [-0.4, -0.2) is 9.55 Å². The Labute approximate surface area is 121 Å². The van der Waals surface area contributed by atoms with E-state index >= 15 is 0 Å². The van der Waals surface area contributed by atoms with Gasteiger partial charge < -0.3 is 10.3 Å². The lowest BCUT2D eigenvalue weighted by atomic mass is 10.3. The van der Waals surface area contributed by atoms with Crippen LogP contribution in [-0.2, 0) is 6.54 Å². The van der Waals surface area contributed by atoms with Gasteiger partial charge in [0.2, 0.25) is 5.95 Å². The number of thiophene rings is 1. The number of nitrogen functional groups attached to an aromatic ring is 1. The molecule has 3 nitrogen and oxygen atoms in total. The first-order chi connectivity index (χ1) is 8.65. The normalized spacial score (nSPS) is 11.2. The van der Waals surface area contributed by atoms with Gasteiger partial charge in [-0.1, -0.05) is 11.6 Å². The van der Waals surface area contributed by atoms with E-state index in [2.05, 4.69) is 20.9 Å². The van der Waals surface area contributed by atoms with Crippen molar-refractivity contribution in [3.8, 4) is 0 Å². The lowest BCUT2D eigenvalue weighted by Gasteiger charge is -2.05. The van der Waals surface area contributed by atoms with Gasteiger partial charge in [0.25, 0.3) is 0 Å².